The van der Waals surface area contributed by atoms with Crippen molar-refractivity contribution < 1.29 is 13.5 Å². The molecule has 1 atom stereocenters. The van der Waals surface area contributed by atoms with E-state index in [1.807, 2.05) is 13.1 Å². The average molecular weight is 290 g/mol. The minimum absolute atomic E-state index is 0.337. The van der Waals surface area contributed by atoms with Gasteiger partial charge in [-0.15, -0.1) is 6.58 Å². The topological polar surface area (TPSA) is 60.9 Å². The Bertz CT molecular complexity index is 375. The number of nitrogens with zero attached hydrogens (tertiary/aromatic N) is 2. The van der Waals surface area contributed by atoms with Crippen molar-refractivity contribution >= 4 is 10.0 Å². The molecule has 1 rings (SSSR count). The summed E-state index contributed by atoms with van der Waals surface area (Å²) in [7, 11) is -1.06. The lowest BCUT2D eigenvalue weighted by Crippen LogP contribution is -2.46. The van der Waals surface area contributed by atoms with Crippen molar-refractivity contribution in [2.24, 2.45) is 0 Å². The van der Waals surface area contributed by atoms with E-state index < -0.39 is 10.0 Å². The van der Waals surface area contributed by atoms with E-state index >= 15 is 0 Å². The molecule has 1 heterocycles. The van der Waals surface area contributed by atoms with Gasteiger partial charge in [-0.25, -0.2) is 12.7 Å². The maximum absolute atomic E-state index is 11.4. The molecule has 0 spiro atoms. The fraction of sp³-hybridized carbons (Fsp3) is 0.846. The number of sulfonamides is 1. The Morgan fingerprint density at radius 3 is 2.53 bits per heavy atom. The summed E-state index contributed by atoms with van der Waals surface area (Å²) < 4.78 is 24.4. The molecule has 112 valence electrons. The number of aliphatic hydroxyl groups excluding tert-OH is 1. The number of allylic oxidation sites excluding steroid dienone is 1. The van der Waals surface area contributed by atoms with Crippen LogP contribution in [0.2, 0.25) is 0 Å². The lowest BCUT2D eigenvalue weighted by Gasteiger charge is -2.36. The Morgan fingerprint density at radius 1 is 1.47 bits per heavy atom. The fourth-order valence-corrected chi connectivity index (χ4v) is 3.37. The average Bonchev–Trinajstić information content (AvgIpc) is 2.35. The lowest BCUT2D eigenvalue weighted by molar-refractivity contribution is 0.0815. The summed E-state index contributed by atoms with van der Waals surface area (Å²) in [6.07, 6.45) is 5.95. The van der Waals surface area contributed by atoms with Gasteiger partial charge in [0.05, 0.1) is 12.4 Å². The minimum atomic E-state index is -3.06. The minimum Gasteiger partial charge on any atom is -0.392 e. The van der Waals surface area contributed by atoms with Gasteiger partial charge in [-0.3, -0.25) is 0 Å². The molecule has 0 radical (unpaired) electrons. The predicted octanol–water partition coefficient (Wildman–Crippen LogP) is 0.669. The van der Waals surface area contributed by atoms with E-state index in [4.69, 9.17) is 0 Å². The first-order valence-electron chi connectivity index (χ1n) is 6.79. The summed E-state index contributed by atoms with van der Waals surface area (Å²) in [5.74, 6) is 0. The zero-order valence-corrected chi connectivity index (χ0v) is 12.8. The summed E-state index contributed by atoms with van der Waals surface area (Å²) in [6, 6.07) is 0.358. The summed E-state index contributed by atoms with van der Waals surface area (Å²) in [5.41, 5.74) is 0. The molecule has 5 nitrogen and oxygen atoms in total. The standard InChI is InChI=1S/C13H26N2O3S/c1-4-5-6-13(16)11-14(2)12-7-9-15(10-8-12)19(3,17)18/h4,12-13,16H,1,5-11H2,2-3H3. The molecular formula is C13H26N2O3S. The highest BCUT2D eigenvalue weighted by molar-refractivity contribution is 7.88. The van der Waals surface area contributed by atoms with Gasteiger partial charge in [0.2, 0.25) is 10.0 Å². The highest BCUT2D eigenvalue weighted by atomic mass is 32.2. The first-order chi connectivity index (χ1) is 8.84. The molecule has 0 aliphatic carbocycles. The Hall–Kier alpha value is -0.430. The van der Waals surface area contributed by atoms with Crippen LogP contribution < -0.4 is 0 Å². The van der Waals surface area contributed by atoms with Crippen LogP contribution in [0.25, 0.3) is 0 Å². The number of piperidine rings is 1. The number of rotatable bonds is 7. The van der Waals surface area contributed by atoms with Crippen LogP contribution in [0, 0.1) is 0 Å². The molecule has 1 aliphatic rings. The molecule has 0 amide bonds. The second-order valence-electron chi connectivity index (χ2n) is 5.35. The van der Waals surface area contributed by atoms with Gasteiger partial charge >= 0.3 is 0 Å². The van der Waals surface area contributed by atoms with Gasteiger partial charge in [-0.2, -0.15) is 0 Å². The van der Waals surface area contributed by atoms with E-state index in [0.29, 0.717) is 25.7 Å². The van der Waals surface area contributed by atoms with Crippen molar-refractivity contribution in [3.63, 3.8) is 0 Å². The molecule has 0 bridgehead atoms. The fourth-order valence-electron chi connectivity index (χ4n) is 2.50. The maximum Gasteiger partial charge on any atom is 0.211 e. The second kappa shape index (κ2) is 7.38. The van der Waals surface area contributed by atoms with Crippen molar-refractivity contribution in [1.29, 1.82) is 0 Å². The first-order valence-corrected chi connectivity index (χ1v) is 8.63. The molecule has 1 saturated heterocycles. The van der Waals surface area contributed by atoms with Gasteiger partial charge in [-0.05, 0) is 32.7 Å². The molecule has 19 heavy (non-hydrogen) atoms. The third-order valence-electron chi connectivity index (χ3n) is 3.72. The third-order valence-corrected chi connectivity index (χ3v) is 5.02. The molecule has 0 aromatic heterocycles. The number of aliphatic hydroxyl groups is 1. The van der Waals surface area contributed by atoms with E-state index in [-0.39, 0.29) is 6.10 Å². The van der Waals surface area contributed by atoms with E-state index in [2.05, 4.69) is 11.5 Å². The summed E-state index contributed by atoms with van der Waals surface area (Å²) in [6.45, 7) is 5.44. The van der Waals surface area contributed by atoms with Crippen molar-refractivity contribution in [3.8, 4) is 0 Å². The van der Waals surface area contributed by atoms with Crippen LogP contribution in [0.1, 0.15) is 25.7 Å². The first kappa shape index (κ1) is 16.6. The van der Waals surface area contributed by atoms with Gasteiger partial charge in [0.15, 0.2) is 0 Å². The van der Waals surface area contributed by atoms with Gasteiger partial charge < -0.3 is 10.0 Å². The van der Waals surface area contributed by atoms with Crippen LogP contribution in [0.4, 0.5) is 0 Å². The predicted molar refractivity (Wildman–Crippen MR) is 77.5 cm³/mol. The SMILES string of the molecule is C=CCCC(O)CN(C)C1CCN(S(C)(=O)=O)CC1. The lowest BCUT2D eigenvalue weighted by atomic mass is 10.0. The zero-order chi connectivity index (χ0) is 14.5. The van der Waals surface area contributed by atoms with E-state index in [1.54, 1.807) is 0 Å². The molecule has 1 unspecified atom stereocenters. The molecule has 1 aliphatic heterocycles. The highest BCUT2D eigenvalue weighted by Gasteiger charge is 2.27. The molecule has 6 heteroatoms. The zero-order valence-electron chi connectivity index (χ0n) is 12.0. The van der Waals surface area contributed by atoms with Crippen molar-refractivity contribution in [2.75, 3.05) is 32.9 Å². The monoisotopic (exact) mass is 290 g/mol. The number of likely N-dealkylation sites (N-methyl/N-ethyl adjacent to an activating group) is 1. The normalized spacial score (nSPS) is 20.6. The van der Waals surface area contributed by atoms with Crippen molar-refractivity contribution in [1.82, 2.24) is 9.21 Å². The maximum atomic E-state index is 11.4. The van der Waals surface area contributed by atoms with Crippen LogP contribution in [0.5, 0.6) is 0 Å². The summed E-state index contributed by atoms with van der Waals surface area (Å²) in [4.78, 5) is 2.15. The molecule has 1 N–H and O–H groups in total. The summed E-state index contributed by atoms with van der Waals surface area (Å²) in [5, 5.41) is 9.87. The third kappa shape index (κ3) is 5.60. The largest absolute Gasteiger partial charge is 0.392 e. The van der Waals surface area contributed by atoms with Crippen LogP contribution >= 0.6 is 0 Å². The van der Waals surface area contributed by atoms with Crippen LogP contribution in [0.15, 0.2) is 12.7 Å². The molecule has 0 saturated carbocycles. The van der Waals surface area contributed by atoms with Crippen LogP contribution in [-0.2, 0) is 10.0 Å². The van der Waals surface area contributed by atoms with E-state index in [9.17, 15) is 13.5 Å². The second-order valence-corrected chi connectivity index (χ2v) is 7.34. The molecule has 0 aromatic rings. The Labute approximate surface area is 116 Å². The molecular weight excluding hydrogens is 264 g/mol. The van der Waals surface area contributed by atoms with E-state index in [1.165, 1.54) is 10.6 Å². The van der Waals surface area contributed by atoms with Gasteiger partial charge in [0.1, 0.15) is 0 Å². The smallest absolute Gasteiger partial charge is 0.211 e. The highest BCUT2D eigenvalue weighted by Crippen LogP contribution is 2.18. The quantitative estimate of drug-likeness (QED) is 0.700. The van der Waals surface area contributed by atoms with Gasteiger partial charge in [0, 0.05) is 25.7 Å². The number of hydrogen-bond acceptors (Lipinski definition) is 4. The molecule has 1 fully saturated rings. The Balaban J connectivity index is 2.36. The van der Waals surface area contributed by atoms with Crippen LogP contribution in [0.3, 0.4) is 0 Å². The number of hydrogen-bond donors (Lipinski definition) is 1. The summed E-state index contributed by atoms with van der Waals surface area (Å²) >= 11 is 0. The Morgan fingerprint density at radius 2 is 2.05 bits per heavy atom. The van der Waals surface area contributed by atoms with Gasteiger partial charge in [0.25, 0.3) is 0 Å². The molecule has 0 aromatic carbocycles. The van der Waals surface area contributed by atoms with Crippen LogP contribution in [-0.4, -0.2) is 67.8 Å². The van der Waals surface area contributed by atoms with E-state index in [0.717, 1.165) is 25.7 Å². The van der Waals surface area contributed by atoms with Crippen molar-refractivity contribution in [2.45, 2.75) is 37.8 Å². The van der Waals surface area contributed by atoms with Gasteiger partial charge in [-0.1, -0.05) is 6.08 Å². The Kier molecular flexibility index (Phi) is 6.46. The van der Waals surface area contributed by atoms with Crippen molar-refractivity contribution in [3.05, 3.63) is 12.7 Å².